The van der Waals surface area contributed by atoms with Gasteiger partial charge in [-0.3, -0.25) is 9.59 Å². The van der Waals surface area contributed by atoms with E-state index in [9.17, 15) is 27.9 Å². The first kappa shape index (κ1) is 24.5. The Bertz CT molecular complexity index is 1050. The average molecular weight is 490 g/mol. The summed E-state index contributed by atoms with van der Waals surface area (Å²) >= 11 is 0. The normalized spacial score (nSPS) is 38.7. The number of hydrogen-bond acceptors (Lipinski definition) is 3. The molecule has 0 radical (unpaired) electrons. The number of aliphatic hydroxyl groups excluding tert-OH is 1. The van der Waals surface area contributed by atoms with Crippen LogP contribution in [-0.4, -0.2) is 23.4 Å². The molecule has 3 saturated carbocycles. The van der Waals surface area contributed by atoms with E-state index in [0.29, 0.717) is 29.9 Å². The third kappa shape index (κ3) is 3.94. The second kappa shape index (κ2) is 8.46. The monoisotopic (exact) mass is 489 g/mol. The van der Waals surface area contributed by atoms with Crippen molar-refractivity contribution in [1.29, 1.82) is 0 Å². The first-order valence-corrected chi connectivity index (χ1v) is 12.8. The second-order valence-electron chi connectivity index (χ2n) is 11.7. The van der Waals surface area contributed by atoms with Crippen LogP contribution < -0.4 is 5.32 Å². The number of carbonyl (C=O) groups is 2. The Morgan fingerprint density at radius 1 is 1.09 bits per heavy atom. The zero-order chi connectivity index (χ0) is 25.2. The van der Waals surface area contributed by atoms with E-state index < -0.39 is 11.7 Å². The van der Waals surface area contributed by atoms with Gasteiger partial charge in [-0.15, -0.1) is 0 Å². The number of carbonyl (C=O) groups excluding carboxylic acids is 2. The maximum absolute atomic E-state index is 13.3. The average Bonchev–Trinajstić information content (AvgIpc) is 3.16. The molecule has 35 heavy (non-hydrogen) atoms. The van der Waals surface area contributed by atoms with Crippen LogP contribution in [0.1, 0.15) is 64.4 Å². The zero-order valence-corrected chi connectivity index (χ0v) is 20.3. The van der Waals surface area contributed by atoms with E-state index in [2.05, 4.69) is 19.2 Å². The standard InChI is InChI=1S/C28H34F3NO3/c1-26-12-10-22-20(13-16(15-33)24-14-19(34)9-11-27(22,24)2)21(26)7-8-23(26)25(35)32-18-5-3-17(4-6-18)28(29,30)31/h3-6,14,16,20-23,33H,7-13,15H2,1-2H3,(H,32,35)/t16?,20-,21-,22-,23+,26-,27+/m0/s1. The summed E-state index contributed by atoms with van der Waals surface area (Å²) in [5.41, 5.74) is 0.529. The number of benzene rings is 1. The van der Waals surface area contributed by atoms with Crippen molar-refractivity contribution in [1.82, 2.24) is 0 Å². The minimum absolute atomic E-state index is 0.00660. The fourth-order valence-corrected chi connectivity index (χ4v) is 8.36. The molecule has 7 heteroatoms. The van der Waals surface area contributed by atoms with E-state index in [0.717, 1.165) is 56.2 Å². The Hall–Kier alpha value is -2.15. The molecule has 190 valence electrons. The van der Waals surface area contributed by atoms with Gasteiger partial charge >= 0.3 is 6.18 Å². The molecule has 5 rings (SSSR count). The number of nitrogens with one attached hydrogen (secondary N) is 1. The molecular weight excluding hydrogens is 455 g/mol. The number of rotatable bonds is 3. The van der Waals surface area contributed by atoms with Crippen LogP contribution in [0.15, 0.2) is 35.9 Å². The molecule has 1 aromatic carbocycles. The van der Waals surface area contributed by atoms with E-state index in [1.54, 1.807) is 0 Å². The summed E-state index contributed by atoms with van der Waals surface area (Å²) in [7, 11) is 0. The summed E-state index contributed by atoms with van der Waals surface area (Å²) in [6.07, 6.45) is 3.25. The Morgan fingerprint density at radius 3 is 2.46 bits per heavy atom. The number of alkyl halides is 3. The van der Waals surface area contributed by atoms with E-state index >= 15 is 0 Å². The molecule has 1 aromatic rings. The number of hydrogen-bond donors (Lipinski definition) is 2. The number of aliphatic hydroxyl groups is 1. The lowest BCUT2D eigenvalue weighted by Gasteiger charge is -2.59. The third-order valence-corrected chi connectivity index (χ3v) is 10.1. The van der Waals surface area contributed by atoms with Gasteiger partial charge in [0.2, 0.25) is 5.91 Å². The van der Waals surface area contributed by atoms with Crippen molar-refractivity contribution >= 4 is 17.4 Å². The molecule has 2 N–H and O–H groups in total. The van der Waals surface area contributed by atoms with Crippen LogP contribution in [0.4, 0.5) is 18.9 Å². The summed E-state index contributed by atoms with van der Waals surface area (Å²) < 4.78 is 38.6. The Balaban J connectivity index is 1.36. The molecule has 7 atom stereocenters. The Kier molecular flexibility index (Phi) is 5.93. The van der Waals surface area contributed by atoms with Crippen molar-refractivity contribution in [2.45, 2.75) is 65.0 Å². The number of halogens is 3. The number of amides is 1. The van der Waals surface area contributed by atoms with Crippen LogP contribution in [-0.2, 0) is 15.8 Å². The minimum atomic E-state index is -4.41. The van der Waals surface area contributed by atoms with Gasteiger partial charge in [0.15, 0.2) is 5.78 Å². The molecule has 0 bridgehead atoms. The number of anilines is 1. The van der Waals surface area contributed by atoms with Gasteiger partial charge in [0.25, 0.3) is 0 Å². The van der Waals surface area contributed by atoms with E-state index in [4.69, 9.17) is 0 Å². The highest BCUT2D eigenvalue weighted by Gasteiger charge is 2.61. The molecular formula is C28H34F3NO3. The molecule has 0 spiro atoms. The smallest absolute Gasteiger partial charge is 0.396 e. The summed E-state index contributed by atoms with van der Waals surface area (Å²) in [6.45, 7) is 4.53. The largest absolute Gasteiger partial charge is 0.416 e. The van der Waals surface area contributed by atoms with Crippen LogP contribution in [0, 0.1) is 40.4 Å². The molecule has 4 aliphatic rings. The topological polar surface area (TPSA) is 66.4 Å². The third-order valence-electron chi connectivity index (χ3n) is 10.1. The quantitative estimate of drug-likeness (QED) is 0.546. The van der Waals surface area contributed by atoms with Gasteiger partial charge in [0.05, 0.1) is 5.56 Å². The van der Waals surface area contributed by atoms with Crippen molar-refractivity contribution in [3.63, 3.8) is 0 Å². The lowest BCUT2D eigenvalue weighted by atomic mass is 9.45. The Labute approximate surface area is 204 Å². The number of ketones is 1. The van der Waals surface area contributed by atoms with E-state index in [1.807, 2.05) is 6.08 Å². The lowest BCUT2D eigenvalue weighted by molar-refractivity contribution is -0.137. The molecule has 0 saturated heterocycles. The van der Waals surface area contributed by atoms with Crippen molar-refractivity contribution in [3.8, 4) is 0 Å². The molecule has 4 nitrogen and oxygen atoms in total. The first-order chi connectivity index (χ1) is 16.5. The van der Waals surface area contributed by atoms with Crippen LogP contribution in [0.5, 0.6) is 0 Å². The first-order valence-electron chi connectivity index (χ1n) is 12.8. The van der Waals surface area contributed by atoms with Gasteiger partial charge in [-0.1, -0.05) is 19.4 Å². The van der Waals surface area contributed by atoms with Crippen LogP contribution in [0.3, 0.4) is 0 Å². The predicted molar refractivity (Wildman–Crippen MR) is 126 cm³/mol. The van der Waals surface area contributed by atoms with Crippen molar-refractivity contribution < 1.29 is 27.9 Å². The van der Waals surface area contributed by atoms with E-state index in [-0.39, 0.29) is 41.0 Å². The summed E-state index contributed by atoms with van der Waals surface area (Å²) in [5.74, 6) is 1.04. The lowest BCUT2D eigenvalue weighted by Crippen LogP contribution is -2.53. The molecule has 1 unspecified atom stereocenters. The zero-order valence-electron chi connectivity index (χ0n) is 20.3. The fourth-order valence-electron chi connectivity index (χ4n) is 8.36. The molecule has 4 aliphatic carbocycles. The van der Waals surface area contributed by atoms with Crippen molar-refractivity contribution in [2.75, 3.05) is 11.9 Å². The molecule has 3 fully saturated rings. The fraction of sp³-hybridized carbons (Fsp3) is 0.643. The van der Waals surface area contributed by atoms with Gasteiger partial charge < -0.3 is 10.4 Å². The van der Waals surface area contributed by atoms with Crippen molar-refractivity contribution in [3.05, 3.63) is 41.5 Å². The molecule has 0 aromatic heterocycles. The maximum Gasteiger partial charge on any atom is 0.416 e. The van der Waals surface area contributed by atoms with Gasteiger partial charge in [-0.2, -0.15) is 13.2 Å². The predicted octanol–water partition coefficient (Wildman–Crippen LogP) is 6.01. The van der Waals surface area contributed by atoms with E-state index in [1.165, 1.54) is 12.1 Å². The van der Waals surface area contributed by atoms with Gasteiger partial charge in [0.1, 0.15) is 0 Å². The van der Waals surface area contributed by atoms with Crippen LogP contribution >= 0.6 is 0 Å². The second-order valence-corrected chi connectivity index (χ2v) is 11.7. The Morgan fingerprint density at radius 2 is 1.80 bits per heavy atom. The van der Waals surface area contributed by atoms with Gasteiger partial charge in [0, 0.05) is 30.6 Å². The highest BCUT2D eigenvalue weighted by molar-refractivity contribution is 5.93. The number of fused-ring (bicyclic) bond motifs is 5. The molecule has 0 heterocycles. The maximum atomic E-state index is 13.3. The highest BCUT2D eigenvalue weighted by Crippen LogP contribution is 2.67. The van der Waals surface area contributed by atoms with Crippen molar-refractivity contribution in [2.24, 2.45) is 40.4 Å². The molecule has 1 amide bonds. The summed E-state index contributed by atoms with van der Waals surface area (Å²) in [6, 6.07) is 4.63. The van der Waals surface area contributed by atoms with Gasteiger partial charge in [-0.05, 0) is 97.5 Å². The minimum Gasteiger partial charge on any atom is -0.396 e. The van der Waals surface area contributed by atoms with Crippen LogP contribution in [0.25, 0.3) is 0 Å². The highest BCUT2D eigenvalue weighted by atomic mass is 19.4. The summed E-state index contributed by atoms with van der Waals surface area (Å²) in [4.78, 5) is 25.5. The summed E-state index contributed by atoms with van der Waals surface area (Å²) in [5, 5.41) is 13.1. The van der Waals surface area contributed by atoms with Gasteiger partial charge in [-0.25, -0.2) is 0 Å². The van der Waals surface area contributed by atoms with Crippen LogP contribution in [0.2, 0.25) is 0 Å². The SMILES string of the molecule is C[C@]12CC[C@H]3[C@@H](CC(CO)C4=CC(=O)CC[C@@]43C)[C@@H]1CC[C@@H]2C(=O)Nc1ccc(C(F)(F)F)cc1. The molecule has 0 aliphatic heterocycles.